The number of hydrogen-bond donors (Lipinski definition) is 2. The number of ether oxygens (including phenoxy) is 3. The molecular formula is C19H21N3O4S. The van der Waals surface area contributed by atoms with E-state index in [0.717, 1.165) is 5.56 Å². The molecule has 0 unspecified atom stereocenters. The fourth-order valence-electron chi connectivity index (χ4n) is 2.10. The quantitative estimate of drug-likeness (QED) is 0.249. The number of rotatable bonds is 7. The average molecular weight is 387 g/mol. The van der Waals surface area contributed by atoms with Crippen LogP contribution in [0.1, 0.15) is 22.8 Å². The van der Waals surface area contributed by atoms with Gasteiger partial charge in [0.05, 0.1) is 26.0 Å². The van der Waals surface area contributed by atoms with Gasteiger partial charge in [-0.2, -0.15) is 5.10 Å². The van der Waals surface area contributed by atoms with Crippen LogP contribution in [0.2, 0.25) is 0 Å². The number of esters is 1. The summed E-state index contributed by atoms with van der Waals surface area (Å²) in [5, 5.41) is 7.40. The molecular weight excluding hydrogens is 366 g/mol. The summed E-state index contributed by atoms with van der Waals surface area (Å²) in [5.41, 5.74) is 3.86. The molecule has 0 aliphatic carbocycles. The molecule has 0 spiro atoms. The highest BCUT2D eigenvalue weighted by atomic mass is 32.1. The predicted octanol–water partition coefficient (Wildman–Crippen LogP) is 2.74. The molecule has 0 heterocycles. The van der Waals surface area contributed by atoms with Gasteiger partial charge in [-0.3, -0.25) is 5.43 Å². The first-order valence-electron chi connectivity index (χ1n) is 8.18. The maximum Gasteiger partial charge on any atom is 0.343 e. The van der Waals surface area contributed by atoms with Gasteiger partial charge in [0.1, 0.15) is 5.75 Å². The highest BCUT2D eigenvalue weighted by Crippen LogP contribution is 2.28. The largest absolute Gasteiger partial charge is 0.497 e. The Morgan fingerprint density at radius 2 is 1.85 bits per heavy atom. The van der Waals surface area contributed by atoms with Crippen molar-refractivity contribution in [3.05, 3.63) is 53.6 Å². The van der Waals surface area contributed by atoms with E-state index in [0.29, 0.717) is 34.5 Å². The molecule has 0 radical (unpaired) electrons. The third kappa shape index (κ3) is 5.96. The number of hydrogen-bond acceptors (Lipinski definition) is 6. The van der Waals surface area contributed by atoms with Crippen molar-refractivity contribution in [1.82, 2.24) is 10.7 Å². The topological polar surface area (TPSA) is 81.2 Å². The summed E-state index contributed by atoms with van der Waals surface area (Å²) in [6.45, 7) is 2.65. The molecule has 0 atom stereocenters. The van der Waals surface area contributed by atoms with Crippen molar-refractivity contribution in [2.45, 2.75) is 6.92 Å². The summed E-state index contributed by atoms with van der Waals surface area (Å²) < 4.78 is 15.8. The second kappa shape index (κ2) is 10.1. The van der Waals surface area contributed by atoms with Crippen LogP contribution >= 0.6 is 12.2 Å². The summed E-state index contributed by atoms with van der Waals surface area (Å²) in [4.78, 5) is 12.3. The maximum absolute atomic E-state index is 12.3. The summed E-state index contributed by atoms with van der Waals surface area (Å²) in [6.07, 6.45) is 1.58. The highest BCUT2D eigenvalue weighted by molar-refractivity contribution is 7.80. The number of nitrogens with zero attached hydrogens (tertiary/aromatic N) is 1. The smallest absolute Gasteiger partial charge is 0.343 e. The van der Waals surface area contributed by atoms with Gasteiger partial charge in [0.15, 0.2) is 16.6 Å². The van der Waals surface area contributed by atoms with Gasteiger partial charge in [-0.1, -0.05) is 0 Å². The molecule has 0 saturated heterocycles. The molecule has 2 rings (SSSR count). The van der Waals surface area contributed by atoms with Crippen LogP contribution in [0, 0.1) is 0 Å². The minimum Gasteiger partial charge on any atom is -0.497 e. The Kier molecular flexibility index (Phi) is 7.57. The molecule has 0 amide bonds. The van der Waals surface area contributed by atoms with E-state index in [9.17, 15) is 4.79 Å². The van der Waals surface area contributed by atoms with Crippen LogP contribution in [0.5, 0.6) is 17.2 Å². The Bertz CT molecular complexity index is 822. The number of methoxy groups -OCH3 is 2. The van der Waals surface area contributed by atoms with Crippen molar-refractivity contribution in [2.24, 2.45) is 5.10 Å². The van der Waals surface area contributed by atoms with Crippen LogP contribution in [0.25, 0.3) is 0 Å². The van der Waals surface area contributed by atoms with Gasteiger partial charge in [-0.05, 0) is 67.2 Å². The summed E-state index contributed by atoms with van der Waals surface area (Å²) >= 11 is 5.02. The molecule has 2 aromatic rings. The molecule has 8 heteroatoms. The van der Waals surface area contributed by atoms with E-state index in [1.54, 1.807) is 55.8 Å². The molecule has 2 aromatic carbocycles. The van der Waals surface area contributed by atoms with E-state index < -0.39 is 5.97 Å². The van der Waals surface area contributed by atoms with Crippen LogP contribution in [0.15, 0.2) is 47.6 Å². The lowest BCUT2D eigenvalue weighted by atomic mass is 10.2. The fourth-order valence-corrected chi connectivity index (χ4v) is 2.30. The van der Waals surface area contributed by atoms with Gasteiger partial charge >= 0.3 is 5.97 Å². The lowest BCUT2D eigenvalue weighted by Gasteiger charge is -2.10. The lowest BCUT2D eigenvalue weighted by Crippen LogP contribution is -2.31. The first-order valence-corrected chi connectivity index (χ1v) is 8.59. The Balaban J connectivity index is 2.07. The van der Waals surface area contributed by atoms with E-state index in [2.05, 4.69) is 15.8 Å². The number of benzene rings is 2. The van der Waals surface area contributed by atoms with Gasteiger partial charge < -0.3 is 19.5 Å². The first kappa shape index (κ1) is 20.2. The minimum absolute atomic E-state index is 0.312. The molecule has 0 saturated carbocycles. The van der Waals surface area contributed by atoms with E-state index in [4.69, 9.17) is 26.4 Å². The van der Waals surface area contributed by atoms with Crippen molar-refractivity contribution < 1.29 is 19.0 Å². The Morgan fingerprint density at radius 3 is 2.48 bits per heavy atom. The van der Waals surface area contributed by atoms with E-state index in [-0.39, 0.29) is 0 Å². The van der Waals surface area contributed by atoms with Crippen LogP contribution in [-0.2, 0) is 0 Å². The molecule has 0 aliphatic rings. The van der Waals surface area contributed by atoms with E-state index >= 15 is 0 Å². The monoisotopic (exact) mass is 387 g/mol. The average Bonchev–Trinajstić information content (AvgIpc) is 2.69. The molecule has 27 heavy (non-hydrogen) atoms. The van der Waals surface area contributed by atoms with Crippen LogP contribution in [0.3, 0.4) is 0 Å². The number of carbonyl (C=O) groups excluding carboxylic acids is 1. The molecule has 7 nitrogen and oxygen atoms in total. The van der Waals surface area contributed by atoms with Gasteiger partial charge in [-0.15, -0.1) is 0 Å². The summed E-state index contributed by atoms with van der Waals surface area (Å²) in [6, 6.07) is 11.8. The molecule has 0 fully saturated rings. The van der Waals surface area contributed by atoms with Crippen LogP contribution in [-0.4, -0.2) is 38.1 Å². The standard InChI is InChI=1S/C19H21N3O4S/c1-4-20-19(27)22-21-12-13-5-10-16(17(11-13)25-3)26-18(23)14-6-8-15(24-2)9-7-14/h5-12H,4H2,1-3H3,(H2,20,22,27)/b21-12+. The number of nitrogens with one attached hydrogen (secondary N) is 2. The van der Waals surface area contributed by atoms with Crippen molar-refractivity contribution in [1.29, 1.82) is 0 Å². The number of thiocarbonyl (C=S) groups is 1. The van der Waals surface area contributed by atoms with Crippen LogP contribution < -0.4 is 25.0 Å². The van der Waals surface area contributed by atoms with Gasteiger partial charge in [0, 0.05) is 6.54 Å². The summed E-state index contributed by atoms with van der Waals surface area (Å²) in [5.74, 6) is 0.895. The van der Waals surface area contributed by atoms with Crippen LogP contribution in [0.4, 0.5) is 0 Å². The third-order valence-corrected chi connectivity index (χ3v) is 3.67. The first-order chi connectivity index (χ1) is 13.1. The number of carbonyl (C=O) groups is 1. The third-order valence-electron chi connectivity index (χ3n) is 3.43. The maximum atomic E-state index is 12.3. The molecule has 2 N–H and O–H groups in total. The van der Waals surface area contributed by atoms with Crippen molar-refractivity contribution in [3.63, 3.8) is 0 Å². The molecule has 142 valence electrons. The zero-order chi connectivity index (χ0) is 19.6. The zero-order valence-corrected chi connectivity index (χ0v) is 16.1. The van der Waals surface area contributed by atoms with Crippen molar-refractivity contribution >= 4 is 29.5 Å². The molecule has 0 aliphatic heterocycles. The number of hydrazone groups is 1. The van der Waals surface area contributed by atoms with E-state index in [1.165, 1.54) is 7.11 Å². The Labute approximate surface area is 163 Å². The van der Waals surface area contributed by atoms with Crippen molar-refractivity contribution in [3.8, 4) is 17.2 Å². The zero-order valence-electron chi connectivity index (χ0n) is 15.3. The lowest BCUT2D eigenvalue weighted by molar-refractivity contribution is 0.0729. The van der Waals surface area contributed by atoms with Crippen molar-refractivity contribution in [2.75, 3.05) is 20.8 Å². The Morgan fingerprint density at radius 1 is 1.11 bits per heavy atom. The normalized spacial score (nSPS) is 10.3. The second-order valence-corrected chi connectivity index (χ2v) is 5.67. The minimum atomic E-state index is -0.491. The fraction of sp³-hybridized carbons (Fsp3) is 0.211. The van der Waals surface area contributed by atoms with E-state index in [1.807, 2.05) is 6.92 Å². The van der Waals surface area contributed by atoms with Gasteiger partial charge in [-0.25, -0.2) is 4.79 Å². The molecule has 0 aromatic heterocycles. The highest BCUT2D eigenvalue weighted by Gasteiger charge is 2.13. The van der Waals surface area contributed by atoms with Gasteiger partial charge in [0.2, 0.25) is 0 Å². The second-order valence-electron chi connectivity index (χ2n) is 5.26. The predicted molar refractivity (Wildman–Crippen MR) is 108 cm³/mol. The molecule has 0 bridgehead atoms. The SMILES string of the molecule is CCNC(=S)N/N=C/c1ccc(OC(=O)c2ccc(OC)cc2)c(OC)c1. The Hall–Kier alpha value is -3.13. The van der Waals surface area contributed by atoms with Gasteiger partial charge in [0.25, 0.3) is 0 Å². The summed E-state index contributed by atoms with van der Waals surface area (Å²) in [7, 11) is 3.06.